The van der Waals surface area contributed by atoms with Crippen molar-refractivity contribution in [3.8, 4) is 0 Å². The largest absolute Gasteiger partial charge is 0.462 e. The highest BCUT2D eigenvalue weighted by molar-refractivity contribution is 5.71. The van der Waals surface area contributed by atoms with Gasteiger partial charge in [0.25, 0.3) is 0 Å². The van der Waals surface area contributed by atoms with Gasteiger partial charge in [0.2, 0.25) is 0 Å². The minimum atomic E-state index is -0.761. The molecular formula is C52H100O6. The summed E-state index contributed by atoms with van der Waals surface area (Å²) in [5.74, 6) is 0.853. The summed E-state index contributed by atoms with van der Waals surface area (Å²) in [5, 5.41) is 0. The van der Waals surface area contributed by atoms with Crippen LogP contribution in [0.4, 0.5) is 0 Å². The summed E-state index contributed by atoms with van der Waals surface area (Å²) in [6.07, 6.45) is 45.0. The van der Waals surface area contributed by atoms with E-state index >= 15 is 0 Å². The fraction of sp³-hybridized carbons (Fsp3) is 0.942. The van der Waals surface area contributed by atoms with Gasteiger partial charge in [0.05, 0.1) is 0 Å². The molecule has 0 aromatic carbocycles. The van der Waals surface area contributed by atoms with Crippen LogP contribution in [0.15, 0.2) is 0 Å². The van der Waals surface area contributed by atoms with Crippen LogP contribution in [0.3, 0.4) is 0 Å². The molecular weight excluding hydrogens is 721 g/mol. The van der Waals surface area contributed by atoms with Crippen LogP contribution < -0.4 is 0 Å². The highest BCUT2D eigenvalue weighted by Gasteiger charge is 2.19. The number of carbonyl (C=O) groups is 3. The molecule has 0 amide bonds. The van der Waals surface area contributed by atoms with Crippen LogP contribution in [0, 0.1) is 11.8 Å². The van der Waals surface area contributed by atoms with Gasteiger partial charge in [-0.3, -0.25) is 14.4 Å². The molecule has 0 spiro atoms. The van der Waals surface area contributed by atoms with Crippen LogP contribution in [-0.4, -0.2) is 37.2 Å². The summed E-state index contributed by atoms with van der Waals surface area (Å²) < 4.78 is 16.8. The molecule has 0 aromatic heterocycles. The molecule has 6 nitrogen and oxygen atoms in total. The van der Waals surface area contributed by atoms with Crippen molar-refractivity contribution in [3.05, 3.63) is 0 Å². The molecule has 0 radical (unpaired) electrons. The normalized spacial score (nSPS) is 12.5. The number of rotatable bonds is 46. The lowest BCUT2D eigenvalue weighted by atomic mass is 9.99. The molecule has 0 saturated carbocycles. The standard InChI is InChI=1S/C52H100O6/c1-6-8-9-10-11-12-15-22-27-32-37-42-50(53)56-45-49(46-57-51(54)43-38-33-28-23-19-18-21-26-31-36-41-48(5)7-2)58-52(55)44-39-34-29-24-17-14-13-16-20-25-30-35-40-47(3)4/h47-49H,6-46H2,1-5H3/t48?,49-/m0/s1. The van der Waals surface area contributed by atoms with Gasteiger partial charge >= 0.3 is 17.9 Å². The first-order valence-electron chi connectivity index (χ1n) is 25.8. The van der Waals surface area contributed by atoms with E-state index in [9.17, 15) is 14.4 Å². The van der Waals surface area contributed by atoms with Crippen LogP contribution in [-0.2, 0) is 28.6 Å². The van der Waals surface area contributed by atoms with Crippen molar-refractivity contribution < 1.29 is 28.6 Å². The number of hydrogen-bond donors (Lipinski definition) is 0. The molecule has 58 heavy (non-hydrogen) atoms. The van der Waals surface area contributed by atoms with Crippen LogP contribution in [0.1, 0.15) is 285 Å². The van der Waals surface area contributed by atoms with Gasteiger partial charge < -0.3 is 14.2 Å². The van der Waals surface area contributed by atoms with Gasteiger partial charge in [0.15, 0.2) is 6.10 Å². The molecule has 2 atom stereocenters. The van der Waals surface area contributed by atoms with Crippen LogP contribution >= 0.6 is 0 Å². The molecule has 0 aliphatic rings. The lowest BCUT2D eigenvalue weighted by molar-refractivity contribution is -0.167. The maximum Gasteiger partial charge on any atom is 0.306 e. The number of hydrogen-bond acceptors (Lipinski definition) is 6. The van der Waals surface area contributed by atoms with E-state index in [1.165, 1.54) is 173 Å². The summed E-state index contributed by atoms with van der Waals surface area (Å²) in [6, 6.07) is 0. The molecule has 0 saturated heterocycles. The molecule has 0 N–H and O–H groups in total. The second-order valence-corrected chi connectivity index (χ2v) is 18.5. The Morgan fingerprint density at radius 3 is 0.983 bits per heavy atom. The maximum absolute atomic E-state index is 12.8. The Morgan fingerprint density at radius 1 is 0.362 bits per heavy atom. The van der Waals surface area contributed by atoms with Crippen molar-refractivity contribution in [2.24, 2.45) is 11.8 Å². The smallest absolute Gasteiger partial charge is 0.306 e. The van der Waals surface area contributed by atoms with Crippen LogP contribution in [0.2, 0.25) is 0 Å². The third-order valence-corrected chi connectivity index (χ3v) is 12.1. The van der Waals surface area contributed by atoms with Crippen molar-refractivity contribution in [1.29, 1.82) is 0 Å². The number of esters is 3. The third kappa shape index (κ3) is 44.0. The van der Waals surface area contributed by atoms with Crippen molar-refractivity contribution in [2.75, 3.05) is 13.2 Å². The molecule has 0 heterocycles. The molecule has 0 rings (SSSR count). The molecule has 0 fully saturated rings. The van der Waals surface area contributed by atoms with Gasteiger partial charge in [0.1, 0.15) is 13.2 Å². The van der Waals surface area contributed by atoms with Gasteiger partial charge in [-0.2, -0.15) is 0 Å². The minimum absolute atomic E-state index is 0.0638. The van der Waals surface area contributed by atoms with Gasteiger partial charge in [-0.1, -0.05) is 247 Å². The van der Waals surface area contributed by atoms with Gasteiger partial charge in [0, 0.05) is 19.3 Å². The Labute approximate surface area is 361 Å². The molecule has 0 aromatic rings. The highest BCUT2D eigenvalue weighted by atomic mass is 16.6. The quantitative estimate of drug-likeness (QED) is 0.0346. The zero-order chi connectivity index (χ0) is 42.6. The lowest BCUT2D eigenvalue weighted by Crippen LogP contribution is -2.30. The van der Waals surface area contributed by atoms with E-state index in [0.717, 1.165) is 69.6 Å². The number of carbonyl (C=O) groups excluding carboxylic acids is 3. The van der Waals surface area contributed by atoms with E-state index in [1.807, 2.05) is 0 Å². The van der Waals surface area contributed by atoms with E-state index in [0.29, 0.717) is 19.3 Å². The molecule has 6 heteroatoms. The van der Waals surface area contributed by atoms with E-state index < -0.39 is 6.10 Å². The molecule has 1 unspecified atom stereocenters. The molecule has 0 aliphatic heterocycles. The molecule has 0 aliphatic carbocycles. The summed E-state index contributed by atoms with van der Waals surface area (Å²) in [6.45, 7) is 11.4. The van der Waals surface area contributed by atoms with Crippen LogP contribution in [0.5, 0.6) is 0 Å². The zero-order valence-corrected chi connectivity index (χ0v) is 39.7. The number of unbranched alkanes of at least 4 members (excludes halogenated alkanes) is 30. The Kier molecular flexibility index (Phi) is 43.7. The Balaban J connectivity index is 4.32. The van der Waals surface area contributed by atoms with E-state index in [1.54, 1.807) is 0 Å². The average molecular weight is 821 g/mol. The van der Waals surface area contributed by atoms with Gasteiger partial charge in [-0.05, 0) is 31.1 Å². The number of ether oxygens (including phenoxy) is 3. The summed E-state index contributed by atoms with van der Waals surface area (Å²) in [7, 11) is 0. The highest BCUT2D eigenvalue weighted by Crippen LogP contribution is 2.18. The van der Waals surface area contributed by atoms with Gasteiger partial charge in [-0.15, -0.1) is 0 Å². The van der Waals surface area contributed by atoms with Crippen LogP contribution in [0.25, 0.3) is 0 Å². The first-order valence-corrected chi connectivity index (χ1v) is 25.8. The fourth-order valence-corrected chi connectivity index (χ4v) is 7.78. The summed E-state index contributed by atoms with van der Waals surface area (Å²) in [4.78, 5) is 37.9. The second-order valence-electron chi connectivity index (χ2n) is 18.5. The maximum atomic E-state index is 12.8. The Morgan fingerprint density at radius 2 is 0.655 bits per heavy atom. The SMILES string of the molecule is CCCCCCCCCCCCCC(=O)OC[C@@H](COC(=O)CCCCCCCCCCCCC(C)CC)OC(=O)CCCCCCCCCCCCCCC(C)C. The summed E-state index contributed by atoms with van der Waals surface area (Å²) in [5.41, 5.74) is 0. The average Bonchev–Trinajstić information content (AvgIpc) is 3.21. The van der Waals surface area contributed by atoms with E-state index in [-0.39, 0.29) is 31.1 Å². The van der Waals surface area contributed by atoms with Crippen molar-refractivity contribution in [2.45, 2.75) is 291 Å². The Bertz CT molecular complexity index is 887. The first-order chi connectivity index (χ1) is 28.3. The molecule has 344 valence electrons. The minimum Gasteiger partial charge on any atom is -0.462 e. The monoisotopic (exact) mass is 821 g/mol. The first kappa shape index (κ1) is 56.4. The van der Waals surface area contributed by atoms with E-state index in [2.05, 4.69) is 34.6 Å². The third-order valence-electron chi connectivity index (χ3n) is 12.1. The van der Waals surface area contributed by atoms with Crippen molar-refractivity contribution in [1.82, 2.24) is 0 Å². The van der Waals surface area contributed by atoms with Crippen molar-refractivity contribution >= 4 is 17.9 Å². The predicted molar refractivity (Wildman–Crippen MR) is 247 cm³/mol. The van der Waals surface area contributed by atoms with E-state index in [4.69, 9.17) is 14.2 Å². The van der Waals surface area contributed by atoms with Crippen molar-refractivity contribution in [3.63, 3.8) is 0 Å². The summed E-state index contributed by atoms with van der Waals surface area (Å²) >= 11 is 0. The topological polar surface area (TPSA) is 78.9 Å². The predicted octanol–water partition coefficient (Wildman–Crippen LogP) is 16.5. The fourth-order valence-electron chi connectivity index (χ4n) is 7.78. The Hall–Kier alpha value is -1.59. The zero-order valence-electron chi connectivity index (χ0n) is 39.7. The lowest BCUT2D eigenvalue weighted by Gasteiger charge is -2.18. The van der Waals surface area contributed by atoms with Gasteiger partial charge in [-0.25, -0.2) is 0 Å². The second kappa shape index (κ2) is 44.9. The molecule has 0 bridgehead atoms.